The minimum atomic E-state index is -0.350. The Balaban J connectivity index is 2.26. The van der Waals surface area contributed by atoms with Gasteiger partial charge in [-0.2, -0.15) is 0 Å². The number of rotatable bonds is 2. The second-order valence-electron chi connectivity index (χ2n) is 4.07. The standard InChI is InChI=1S/C14H12BrNO3/c1-8-10(15)3-2-4-11(8)16-14(19)9-5-6-12(17)13(18)7-9/h2-7,17-18H,1H3,(H,16,19). The summed E-state index contributed by atoms with van der Waals surface area (Å²) in [4.78, 5) is 12.0. The van der Waals surface area contributed by atoms with E-state index in [0.29, 0.717) is 5.69 Å². The van der Waals surface area contributed by atoms with Gasteiger partial charge in [-0.15, -0.1) is 0 Å². The van der Waals surface area contributed by atoms with Crippen LogP contribution >= 0.6 is 15.9 Å². The average Bonchev–Trinajstić information content (AvgIpc) is 2.38. The molecule has 2 rings (SSSR count). The molecule has 2 aromatic rings. The number of carbonyl (C=O) groups excluding carboxylic acids is 1. The molecule has 0 atom stereocenters. The van der Waals surface area contributed by atoms with E-state index in [9.17, 15) is 15.0 Å². The van der Waals surface area contributed by atoms with Gasteiger partial charge in [0.2, 0.25) is 0 Å². The van der Waals surface area contributed by atoms with Gasteiger partial charge >= 0.3 is 0 Å². The maximum atomic E-state index is 12.0. The summed E-state index contributed by atoms with van der Waals surface area (Å²) >= 11 is 3.39. The van der Waals surface area contributed by atoms with E-state index in [1.165, 1.54) is 18.2 Å². The molecular weight excluding hydrogens is 310 g/mol. The van der Waals surface area contributed by atoms with Crippen LogP contribution in [0, 0.1) is 6.92 Å². The van der Waals surface area contributed by atoms with Crippen LogP contribution in [0.2, 0.25) is 0 Å². The van der Waals surface area contributed by atoms with E-state index in [-0.39, 0.29) is 23.0 Å². The van der Waals surface area contributed by atoms with Gasteiger partial charge in [0.25, 0.3) is 5.91 Å². The predicted octanol–water partition coefficient (Wildman–Crippen LogP) is 3.42. The summed E-state index contributed by atoms with van der Waals surface area (Å²) in [6.07, 6.45) is 0. The summed E-state index contributed by atoms with van der Waals surface area (Å²) in [6, 6.07) is 9.43. The largest absolute Gasteiger partial charge is 0.504 e. The zero-order chi connectivity index (χ0) is 14.0. The number of amides is 1. The lowest BCUT2D eigenvalue weighted by atomic mass is 10.1. The van der Waals surface area contributed by atoms with Crippen molar-refractivity contribution in [3.8, 4) is 11.5 Å². The van der Waals surface area contributed by atoms with Crippen LogP contribution in [-0.2, 0) is 0 Å². The Morgan fingerprint density at radius 2 is 1.89 bits per heavy atom. The van der Waals surface area contributed by atoms with E-state index < -0.39 is 0 Å². The minimum Gasteiger partial charge on any atom is -0.504 e. The fourth-order valence-electron chi connectivity index (χ4n) is 1.60. The number of halogens is 1. The molecule has 19 heavy (non-hydrogen) atoms. The highest BCUT2D eigenvalue weighted by Crippen LogP contribution is 2.27. The van der Waals surface area contributed by atoms with E-state index >= 15 is 0 Å². The number of aromatic hydroxyl groups is 2. The van der Waals surface area contributed by atoms with Crippen LogP contribution in [0.4, 0.5) is 5.69 Å². The maximum absolute atomic E-state index is 12.0. The Morgan fingerprint density at radius 3 is 2.58 bits per heavy atom. The molecule has 98 valence electrons. The second kappa shape index (κ2) is 5.32. The maximum Gasteiger partial charge on any atom is 0.255 e. The van der Waals surface area contributed by atoms with Crippen molar-refractivity contribution in [2.24, 2.45) is 0 Å². The molecule has 0 fully saturated rings. The van der Waals surface area contributed by atoms with E-state index in [4.69, 9.17) is 0 Å². The SMILES string of the molecule is Cc1c(Br)cccc1NC(=O)c1ccc(O)c(O)c1. The van der Waals surface area contributed by atoms with E-state index in [1.807, 2.05) is 19.1 Å². The Kier molecular flexibility index (Phi) is 3.76. The van der Waals surface area contributed by atoms with Crippen molar-refractivity contribution in [2.75, 3.05) is 5.32 Å². The van der Waals surface area contributed by atoms with Crippen LogP contribution in [-0.4, -0.2) is 16.1 Å². The fourth-order valence-corrected chi connectivity index (χ4v) is 1.97. The normalized spacial score (nSPS) is 10.2. The number of nitrogens with one attached hydrogen (secondary N) is 1. The van der Waals surface area contributed by atoms with Crippen molar-refractivity contribution in [3.05, 3.63) is 52.0 Å². The lowest BCUT2D eigenvalue weighted by Crippen LogP contribution is -2.12. The number of hydrogen-bond donors (Lipinski definition) is 3. The first kappa shape index (κ1) is 13.4. The fraction of sp³-hybridized carbons (Fsp3) is 0.0714. The summed E-state index contributed by atoms with van der Waals surface area (Å²) in [5.41, 5.74) is 1.88. The van der Waals surface area contributed by atoms with Crippen LogP contribution in [0.15, 0.2) is 40.9 Å². The molecule has 1 amide bonds. The van der Waals surface area contributed by atoms with E-state index in [0.717, 1.165) is 10.0 Å². The summed E-state index contributed by atoms with van der Waals surface area (Å²) in [7, 11) is 0. The van der Waals surface area contributed by atoms with Gasteiger partial charge in [-0.05, 0) is 42.8 Å². The summed E-state index contributed by atoms with van der Waals surface area (Å²) in [5.74, 6) is -0.926. The van der Waals surface area contributed by atoms with Crippen molar-refractivity contribution < 1.29 is 15.0 Å². The smallest absolute Gasteiger partial charge is 0.255 e. The molecule has 0 heterocycles. The number of phenolic OH excluding ortho intramolecular Hbond substituents is 2. The lowest BCUT2D eigenvalue weighted by Gasteiger charge is -2.10. The highest BCUT2D eigenvalue weighted by atomic mass is 79.9. The lowest BCUT2D eigenvalue weighted by molar-refractivity contribution is 0.102. The van der Waals surface area contributed by atoms with E-state index in [2.05, 4.69) is 21.2 Å². The molecule has 0 aliphatic carbocycles. The number of phenols is 2. The molecule has 5 heteroatoms. The molecule has 0 radical (unpaired) electrons. The molecule has 4 nitrogen and oxygen atoms in total. The van der Waals surface area contributed by atoms with Gasteiger partial charge < -0.3 is 15.5 Å². The third kappa shape index (κ3) is 2.88. The van der Waals surface area contributed by atoms with Crippen LogP contribution in [0.3, 0.4) is 0 Å². The second-order valence-corrected chi connectivity index (χ2v) is 4.92. The third-order valence-electron chi connectivity index (χ3n) is 2.75. The molecule has 0 spiro atoms. The molecule has 0 bridgehead atoms. The first-order valence-corrected chi connectivity index (χ1v) is 6.37. The van der Waals surface area contributed by atoms with Gasteiger partial charge in [0, 0.05) is 15.7 Å². The number of carbonyl (C=O) groups is 1. The molecule has 2 aromatic carbocycles. The van der Waals surface area contributed by atoms with Gasteiger partial charge in [0.15, 0.2) is 11.5 Å². The van der Waals surface area contributed by atoms with Gasteiger partial charge in [-0.25, -0.2) is 0 Å². The van der Waals surface area contributed by atoms with Gasteiger partial charge in [-0.3, -0.25) is 4.79 Å². The topological polar surface area (TPSA) is 69.6 Å². The highest BCUT2D eigenvalue weighted by Gasteiger charge is 2.11. The molecule has 3 N–H and O–H groups in total. The molecule has 0 aliphatic rings. The first-order chi connectivity index (χ1) is 8.99. The number of hydrogen-bond acceptors (Lipinski definition) is 3. The Labute approximate surface area is 118 Å². The third-order valence-corrected chi connectivity index (χ3v) is 3.61. The first-order valence-electron chi connectivity index (χ1n) is 5.57. The highest BCUT2D eigenvalue weighted by molar-refractivity contribution is 9.10. The number of anilines is 1. The Bertz CT molecular complexity index is 641. The summed E-state index contributed by atoms with van der Waals surface area (Å²) in [6.45, 7) is 1.88. The molecule has 0 saturated carbocycles. The molecule has 0 unspecified atom stereocenters. The summed E-state index contributed by atoms with van der Waals surface area (Å²) in [5, 5.41) is 21.3. The van der Waals surface area contributed by atoms with Crippen molar-refractivity contribution in [3.63, 3.8) is 0 Å². The van der Waals surface area contributed by atoms with Crippen LogP contribution in [0.1, 0.15) is 15.9 Å². The zero-order valence-electron chi connectivity index (χ0n) is 10.1. The van der Waals surface area contributed by atoms with Crippen molar-refractivity contribution in [1.29, 1.82) is 0 Å². The van der Waals surface area contributed by atoms with Crippen LogP contribution in [0.5, 0.6) is 11.5 Å². The van der Waals surface area contributed by atoms with Gasteiger partial charge in [0.1, 0.15) is 0 Å². The van der Waals surface area contributed by atoms with Crippen LogP contribution < -0.4 is 5.32 Å². The van der Waals surface area contributed by atoms with Crippen molar-refractivity contribution in [1.82, 2.24) is 0 Å². The van der Waals surface area contributed by atoms with Gasteiger partial charge in [0.05, 0.1) is 0 Å². The number of benzene rings is 2. The van der Waals surface area contributed by atoms with Crippen LogP contribution in [0.25, 0.3) is 0 Å². The predicted molar refractivity (Wildman–Crippen MR) is 76.6 cm³/mol. The zero-order valence-corrected chi connectivity index (χ0v) is 11.7. The Morgan fingerprint density at radius 1 is 1.16 bits per heavy atom. The average molecular weight is 322 g/mol. The van der Waals surface area contributed by atoms with Gasteiger partial charge in [-0.1, -0.05) is 22.0 Å². The molecule has 0 aromatic heterocycles. The monoisotopic (exact) mass is 321 g/mol. The Hall–Kier alpha value is -2.01. The van der Waals surface area contributed by atoms with Crippen molar-refractivity contribution >= 4 is 27.5 Å². The molecule has 0 aliphatic heterocycles. The van der Waals surface area contributed by atoms with Crippen molar-refractivity contribution in [2.45, 2.75) is 6.92 Å². The molecule has 0 saturated heterocycles. The minimum absolute atomic E-state index is 0.254. The van der Waals surface area contributed by atoms with E-state index in [1.54, 1.807) is 6.07 Å². The quantitative estimate of drug-likeness (QED) is 0.742. The summed E-state index contributed by atoms with van der Waals surface area (Å²) < 4.78 is 0.902. The molecular formula is C14H12BrNO3.